The lowest BCUT2D eigenvalue weighted by Gasteiger charge is -2.07. The molecular formula is C11H10O4. The molecule has 3 N–H and O–H groups in total. The van der Waals surface area contributed by atoms with E-state index in [9.17, 15) is 15.0 Å². The highest BCUT2D eigenvalue weighted by atomic mass is 16.4. The second-order valence-corrected chi connectivity index (χ2v) is 2.89. The molecule has 0 atom stereocenters. The van der Waals surface area contributed by atoms with E-state index in [2.05, 4.69) is 13.2 Å². The molecule has 1 aromatic carbocycles. The summed E-state index contributed by atoms with van der Waals surface area (Å²) in [5.74, 6) is -2.15. The molecule has 1 aromatic rings. The van der Waals surface area contributed by atoms with E-state index in [1.54, 1.807) is 0 Å². The Morgan fingerprint density at radius 1 is 1.27 bits per heavy atom. The second-order valence-electron chi connectivity index (χ2n) is 2.89. The molecule has 1 rings (SSSR count). The summed E-state index contributed by atoms with van der Waals surface area (Å²) in [5, 5.41) is 27.6. The van der Waals surface area contributed by atoms with Crippen LogP contribution in [0.25, 0.3) is 11.6 Å². The number of phenolic OH excluding ortho intramolecular Hbond substituents is 2. The molecular weight excluding hydrogens is 196 g/mol. The Hall–Kier alpha value is -2.23. The topological polar surface area (TPSA) is 77.8 Å². The van der Waals surface area contributed by atoms with Crippen molar-refractivity contribution in [2.75, 3.05) is 0 Å². The number of rotatable bonds is 3. The van der Waals surface area contributed by atoms with Gasteiger partial charge in [-0.1, -0.05) is 25.3 Å². The second kappa shape index (κ2) is 3.88. The van der Waals surface area contributed by atoms with Crippen molar-refractivity contribution in [2.45, 2.75) is 0 Å². The van der Waals surface area contributed by atoms with Crippen LogP contribution in [0.15, 0.2) is 25.3 Å². The lowest BCUT2D eigenvalue weighted by Crippen LogP contribution is -1.98. The number of hydrogen-bond donors (Lipinski definition) is 3. The van der Waals surface area contributed by atoms with Gasteiger partial charge in [0.1, 0.15) is 0 Å². The quantitative estimate of drug-likeness (QED) is 0.521. The highest BCUT2D eigenvalue weighted by Gasteiger charge is 2.16. The van der Waals surface area contributed by atoms with E-state index < -0.39 is 17.5 Å². The van der Waals surface area contributed by atoms with Gasteiger partial charge < -0.3 is 15.3 Å². The Kier molecular flexibility index (Phi) is 2.80. The minimum Gasteiger partial charge on any atom is -0.504 e. The van der Waals surface area contributed by atoms with Gasteiger partial charge >= 0.3 is 5.97 Å². The Morgan fingerprint density at radius 3 is 2.33 bits per heavy atom. The maximum absolute atomic E-state index is 10.6. The molecule has 0 aliphatic heterocycles. The molecule has 0 spiro atoms. The van der Waals surface area contributed by atoms with Gasteiger partial charge in [0.2, 0.25) is 0 Å². The van der Waals surface area contributed by atoms with Crippen molar-refractivity contribution >= 4 is 17.6 Å². The third-order valence-corrected chi connectivity index (χ3v) is 1.99. The zero-order valence-electron chi connectivity index (χ0n) is 7.90. The molecule has 78 valence electrons. The van der Waals surface area contributed by atoms with Gasteiger partial charge in [0, 0.05) is 11.1 Å². The summed E-state index contributed by atoms with van der Waals surface area (Å²) < 4.78 is 0. The zero-order valence-corrected chi connectivity index (χ0v) is 7.90. The summed E-state index contributed by atoms with van der Waals surface area (Å²) in [6.07, 6.45) is 1.35. The van der Waals surface area contributed by atoms with Gasteiger partial charge in [0.15, 0.2) is 11.5 Å². The van der Waals surface area contributed by atoms with E-state index in [1.807, 2.05) is 0 Å². The average Bonchev–Trinajstić information content (AvgIpc) is 2.21. The standard InChI is InChI=1S/C11H10O4/c1-3-7-4-5-8(6(2)11(14)15)10(13)9(7)12/h3-5,12-13H,1-2H2,(H,14,15). The number of carboxylic acid groups (broad SMARTS) is 1. The molecule has 0 fully saturated rings. The van der Waals surface area contributed by atoms with Gasteiger partial charge in [0.05, 0.1) is 5.57 Å². The fourth-order valence-corrected chi connectivity index (χ4v) is 1.12. The number of carboxylic acids is 1. The molecule has 4 nitrogen and oxygen atoms in total. The molecule has 0 heterocycles. The van der Waals surface area contributed by atoms with Crippen LogP contribution in [-0.4, -0.2) is 21.3 Å². The van der Waals surface area contributed by atoms with E-state index in [4.69, 9.17) is 5.11 Å². The molecule has 0 radical (unpaired) electrons. The van der Waals surface area contributed by atoms with E-state index in [-0.39, 0.29) is 11.1 Å². The van der Waals surface area contributed by atoms with Crippen molar-refractivity contribution in [2.24, 2.45) is 0 Å². The van der Waals surface area contributed by atoms with Gasteiger partial charge in [-0.05, 0) is 6.07 Å². The van der Waals surface area contributed by atoms with Gasteiger partial charge in [0.25, 0.3) is 0 Å². The van der Waals surface area contributed by atoms with Crippen molar-refractivity contribution in [1.82, 2.24) is 0 Å². The first kappa shape index (κ1) is 10.8. The number of aromatic hydroxyl groups is 2. The van der Waals surface area contributed by atoms with Crippen LogP contribution < -0.4 is 0 Å². The molecule has 0 aliphatic rings. The molecule has 0 aliphatic carbocycles. The minimum atomic E-state index is -1.25. The normalized spacial score (nSPS) is 9.60. The molecule has 0 saturated carbocycles. The SMILES string of the molecule is C=Cc1ccc(C(=C)C(=O)O)c(O)c1O. The van der Waals surface area contributed by atoms with Gasteiger partial charge in [-0.2, -0.15) is 0 Å². The maximum atomic E-state index is 10.6. The van der Waals surface area contributed by atoms with Crippen molar-refractivity contribution in [1.29, 1.82) is 0 Å². The highest BCUT2D eigenvalue weighted by molar-refractivity contribution is 6.15. The fraction of sp³-hybridized carbons (Fsp3) is 0. The van der Waals surface area contributed by atoms with E-state index in [0.717, 1.165) is 0 Å². The van der Waals surface area contributed by atoms with Crippen LogP contribution in [0.1, 0.15) is 11.1 Å². The van der Waals surface area contributed by atoms with Crippen LogP contribution in [0, 0.1) is 0 Å². The number of aliphatic carboxylic acids is 1. The Bertz CT molecular complexity index is 446. The van der Waals surface area contributed by atoms with Gasteiger partial charge in [-0.3, -0.25) is 0 Å². The number of carbonyl (C=O) groups is 1. The molecule has 0 saturated heterocycles. The van der Waals surface area contributed by atoms with E-state index >= 15 is 0 Å². The summed E-state index contributed by atoms with van der Waals surface area (Å²) >= 11 is 0. The summed E-state index contributed by atoms with van der Waals surface area (Å²) in [6, 6.07) is 2.81. The van der Waals surface area contributed by atoms with Crippen LogP contribution >= 0.6 is 0 Å². The summed E-state index contributed by atoms with van der Waals surface area (Å²) in [5.41, 5.74) is 0.0402. The predicted octanol–water partition coefficient (Wildman–Crippen LogP) is 1.84. The number of benzene rings is 1. The molecule has 4 heteroatoms. The van der Waals surface area contributed by atoms with Crippen molar-refractivity contribution < 1.29 is 20.1 Å². The van der Waals surface area contributed by atoms with Crippen molar-refractivity contribution in [3.05, 3.63) is 36.4 Å². The maximum Gasteiger partial charge on any atom is 0.335 e. The number of phenols is 2. The summed E-state index contributed by atoms with van der Waals surface area (Å²) in [7, 11) is 0. The van der Waals surface area contributed by atoms with Crippen molar-refractivity contribution in [3.8, 4) is 11.5 Å². The van der Waals surface area contributed by atoms with Crippen molar-refractivity contribution in [3.63, 3.8) is 0 Å². The van der Waals surface area contributed by atoms with Gasteiger partial charge in [-0.25, -0.2) is 4.79 Å². The third kappa shape index (κ3) is 1.83. The first-order valence-corrected chi connectivity index (χ1v) is 4.09. The van der Waals surface area contributed by atoms with Crippen LogP contribution in [0.3, 0.4) is 0 Å². The molecule has 0 aromatic heterocycles. The largest absolute Gasteiger partial charge is 0.504 e. The van der Waals surface area contributed by atoms with Crippen LogP contribution in [0.5, 0.6) is 11.5 Å². The lowest BCUT2D eigenvalue weighted by atomic mass is 10.0. The van der Waals surface area contributed by atoms with Crippen LogP contribution in [-0.2, 0) is 4.79 Å². The first-order valence-electron chi connectivity index (χ1n) is 4.09. The van der Waals surface area contributed by atoms with E-state index in [1.165, 1.54) is 18.2 Å². The Labute approximate surface area is 86.4 Å². The molecule has 0 unspecified atom stereocenters. The fourth-order valence-electron chi connectivity index (χ4n) is 1.12. The summed E-state index contributed by atoms with van der Waals surface area (Å²) in [4.78, 5) is 10.6. The zero-order chi connectivity index (χ0) is 11.6. The Morgan fingerprint density at radius 2 is 1.87 bits per heavy atom. The predicted molar refractivity (Wildman–Crippen MR) is 56.5 cm³/mol. The van der Waals surface area contributed by atoms with Crippen LogP contribution in [0.4, 0.5) is 0 Å². The van der Waals surface area contributed by atoms with Gasteiger partial charge in [-0.15, -0.1) is 0 Å². The Balaban J connectivity index is 3.35. The third-order valence-electron chi connectivity index (χ3n) is 1.99. The average molecular weight is 206 g/mol. The molecule has 0 amide bonds. The van der Waals surface area contributed by atoms with E-state index in [0.29, 0.717) is 5.56 Å². The monoisotopic (exact) mass is 206 g/mol. The number of hydrogen-bond acceptors (Lipinski definition) is 3. The minimum absolute atomic E-state index is 0.00870. The highest BCUT2D eigenvalue weighted by Crippen LogP contribution is 2.36. The lowest BCUT2D eigenvalue weighted by molar-refractivity contribution is -0.130. The molecule has 15 heavy (non-hydrogen) atoms. The molecule has 0 bridgehead atoms. The first-order chi connectivity index (χ1) is 6.99. The van der Waals surface area contributed by atoms with Crippen LogP contribution in [0.2, 0.25) is 0 Å². The smallest absolute Gasteiger partial charge is 0.335 e. The summed E-state index contributed by atoms with van der Waals surface area (Å²) in [6.45, 7) is 6.72.